The lowest BCUT2D eigenvalue weighted by Gasteiger charge is -2.31. The molecule has 2 spiro atoms. The van der Waals surface area contributed by atoms with Gasteiger partial charge < -0.3 is 40.5 Å². The number of hydrogen-bond acceptors (Lipinski definition) is 10. The number of fused-ring (bicyclic) bond motifs is 6. The smallest absolute Gasteiger partial charge is 0.418 e. The molecule has 436 valence electrons. The number of hydrogen-bond donors (Lipinski definition) is 5. The zero-order chi connectivity index (χ0) is 54.3. The van der Waals surface area contributed by atoms with Gasteiger partial charge in [-0.25, -0.2) is 32.9 Å². The number of aryl methyl sites for hydroxylation is 4. The molecule has 5 N–H and O–H groups in total. The summed E-state index contributed by atoms with van der Waals surface area (Å²) in [6.07, 6.45) is 7.98. The lowest BCUT2D eigenvalue weighted by Crippen LogP contribution is -2.48. The highest BCUT2D eigenvalue weighted by Gasteiger charge is 2.59. The molecule has 4 aromatic carbocycles. The maximum absolute atomic E-state index is 13.9. The van der Waals surface area contributed by atoms with E-state index in [-0.39, 0.29) is 102 Å². The van der Waals surface area contributed by atoms with Gasteiger partial charge in [0.1, 0.15) is 18.2 Å². The highest BCUT2D eigenvalue weighted by atomic mass is 79.9. The van der Waals surface area contributed by atoms with Gasteiger partial charge in [0.15, 0.2) is 0 Å². The number of rotatable bonds is 7. The third-order valence-electron chi connectivity index (χ3n) is 16.1. The van der Waals surface area contributed by atoms with Crippen molar-refractivity contribution in [3.05, 3.63) is 129 Å². The van der Waals surface area contributed by atoms with E-state index in [9.17, 15) is 47.1 Å². The van der Waals surface area contributed by atoms with E-state index < -0.39 is 41.7 Å². The molecule has 10 amide bonds. The number of benzene rings is 4. The molecule has 8 aliphatic rings. The summed E-state index contributed by atoms with van der Waals surface area (Å²) in [7, 11) is 3.04. The molecule has 0 bridgehead atoms. The number of carbonyl (C=O) groups excluding carboxylic acids is 8. The number of urea groups is 2. The average molecular weight is 1260 g/mol. The first-order valence-corrected chi connectivity index (χ1v) is 27.2. The minimum Gasteiger partial charge on any atom is -0.427 e. The molecule has 0 unspecified atom stereocenters. The van der Waals surface area contributed by atoms with Crippen LogP contribution >= 0.6 is 69.9 Å². The van der Waals surface area contributed by atoms with E-state index in [0.29, 0.717) is 84.5 Å². The van der Waals surface area contributed by atoms with Crippen LogP contribution in [0.1, 0.15) is 95.9 Å². The summed E-state index contributed by atoms with van der Waals surface area (Å²) in [4.78, 5) is 103. The zero-order valence-corrected chi connectivity index (χ0v) is 50.2. The predicted octanol–water partition coefficient (Wildman–Crippen LogP) is 8.02. The molecule has 0 radical (unpaired) electrons. The van der Waals surface area contributed by atoms with Crippen molar-refractivity contribution in [2.75, 3.05) is 36.6 Å². The lowest BCUT2D eigenvalue weighted by molar-refractivity contribution is -0.143. The minimum atomic E-state index is -1.46. The van der Waals surface area contributed by atoms with Crippen LogP contribution in [0.3, 0.4) is 0 Å². The van der Waals surface area contributed by atoms with Gasteiger partial charge in [-0.1, -0.05) is 40.2 Å². The van der Waals surface area contributed by atoms with Gasteiger partial charge in [0.05, 0.1) is 5.33 Å². The van der Waals surface area contributed by atoms with Gasteiger partial charge in [0.25, 0.3) is 11.8 Å². The Balaban J connectivity index is 0.000000209. The van der Waals surface area contributed by atoms with Crippen molar-refractivity contribution in [3.8, 4) is 0 Å². The van der Waals surface area contributed by atoms with Crippen molar-refractivity contribution in [1.29, 1.82) is 0 Å². The summed E-state index contributed by atoms with van der Waals surface area (Å²) in [5.41, 5.74) is 5.44. The highest BCUT2D eigenvalue weighted by Crippen LogP contribution is 2.47. The van der Waals surface area contributed by atoms with Gasteiger partial charge in [-0.3, -0.25) is 24.5 Å². The average Bonchev–Trinajstić information content (AvgIpc) is 4.50. The molecule has 4 atom stereocenters. The number of nitrogens with one attached hydrogen (secondary N) is 5. The summed E-state index contributed by atoms with van der Waals surface area (Å²) in [5, 5.41) is 12.8. The Kier molecular flexibility index (Phi) is 21.0. The fourth-order valence-electron chi connectivity index (χ4n) is 11.9. The van der Waals surface area contributed by atoms with Crippen LogP contribution < -0.4 is 26.6 Å². The van der Waals surface area contributed by atoms with E-state index >= 15 is 0 Å². The normalized spacial score (nSPS) is 22.4. The van der Waals surface area contributed by atoms with E-state index in [1.165, 1.54) is 45.1 Å². The quantitative estimate of drug-likeness (QED) is 0.112. The first-order valence-electron chi connectivity index (χ1n) is 26.1. The molecular formula is C56H67BrF2N8O10S4. The standard InChI is InChI=1S/C28H29FN4O5.C15H17BrFNO.C13H13N3O4.4H2S/c1-30-26(36)31-21-7-8-22-18(13-21)10-11-28(22)25(35)33(27(37)38-28)15-24(34)32-14-19-4-6-20(29)12-17(19)5-9-23(32)16-2-3-16;16-8-15(19)18-9-12-3-5-13(17)7-11(12)4-6-14(18)10-1-2-10;1-14-11(18)15-8-2-3-9-7(6-8)4-5-13(9)10(17)16-12(19)20-13;;;;/h4,6-8,12-13,16,23H,2-3,5,9-11,14-15H2,1H3,(H2,30,31,36);3,5,7,10,14H,1-2,4,6,8-9H2;2-3,6H,4-5H2,1H3,(H2,14,15,18)(H,16,17,19);4*1H2/t23-,28-;14-;13-;;;;/m000..../s1. The van der Waals surface area contributed by atoms with Crippen molar-refractivity contribution >= 4 is 129 Å². The van der Waals surface area contributed by atoms with Crippen molar-refractivity contribution < 1.29 is 56.6 Å². The van der Waals surface area contributed by atoms with Crippen LogP contribution in [0.5, 0.6) is 0 Å². The maximum Gasteiger partial charge on any atom is 0.418 e. The Labute approximate surface area is 504 Å². The number of amides is 10. The number of halogens is 3. The van der Waals surface area contributed by atoms with Gasteiger partial charge in [0, 0.05) is 74.6 Å². The minimum absolute atomic E-state index is 0. The molecule has 25 heteroatoms. The van der Waals surface area contributed by atoms with Crippen LogP contribution in [-0.4, -0.2) is 101 Å². The van der Waals surface area contributed by atoms with Gasteiger partial charge in [-0.2, -0.15) is 54.0 Å². The van der Waals surface area contributed by atoms with Gasteiger partial charge in [0.2, 0.25) is 23.0 Å². The molecule has 4 heterocycles. The molecule has 4 fully saturated rings. The first-order chi connectivity index (χ1) is 37.0. The Bertz CT molecular complexity index is 3120. The fourth-order valence-corrected chi connectivity index (χ4v) is 12.2. The Morgan fingerprint density at radius 2 is 1.06 bits per heavy atom. The number of alkyl halides is 1. The Morgan fingerprint density at radius 1 is 0.593 bits per heavy atom. The maximum atomic E-state index is 13.9. The van der Waals surface area contributed by atoms with Crippen LogP contribution in [0, 0.1) is 23.5 Å². The SMILES string of the molecule is CNC(=O)Nc1ccc2c(c1)CC[C@]21OC(=O)N(CC(=O)N2Cc3ccc(F)cc3CC[C@H]2C2CC2)C1=O.CNC(=O)Nc1ccc2c(c1)CC[C@]21OC(=O)NC1=O.O=C(CBr)N1Cc2ccc(F)cc2CC[C@H]1C1CC1.S.S.S.S. The third-order valence-corrected chi connectivity index (χ3v) is 16.6. The van der Waals surface area contributed by atoms with Crippen LogP contribution in [0.2, 0.25) is 0 Å². The second-order valence-electron chi connectivity index (χ2n) is 20.8. The van der Waals surface area contributed by atoms with Gasteiger partial charge in [-0.05, 0) is 158 Å². The summed E-state index contributed by atoms with van der Waals surface area (Å²) in [5.74, 6) is -0.571. The highest BCUT2D eigenvalue weighted by molar-refractivity contribution is 9.09. The second-order valence-corrected chi connectivity index (χ2v) is 21.4. The molecule has 4 aliphatic carbocycles. The molecule has 12 rings (SSSR count). The van der Waals surface area contributed by atoms with Crippen molar-refractivity contribution in [2.45, 2.75) is 113 Å². The second kappa shape index (κ2) is 26.5. The molecule has 18 nitrogen and oxygen atoms in total. The molecule has 2 saturated carbocycles. The monoisotopic (exact) mass is 1260 g/mol. The lowest BCUT2D eigenvalue weighted by atomic mass is 9.94. The van der Waals surface area contributed by atoms with E-state index in [1.54, 1.807) is 53.4 Å². The number of ether oxygens (including phenoxy) is 2. The number of carbonyl (C=O) groups is 8. The van der Waals surface area contributed by atoms with E-state index in [2.05, 4.69) is 42.5 Å². The summed E-state index contributed by atoms with van der Waals surface area (Å²) >= 11 is 3.27. The van der Waals surface area contributed by atoms with Crippen molar-refractivity contribution in [1.82, 2.24) is 30.7 Å². The third kappa shape index (κ3) is 13.3. The summed E-state index contributed by atoms with van der Waals surface area (Å²) in [6, 6.07) is 19.5. The number of nitrogens with zero attached hydrogens (tertiary/aromatic N) is 3. The fraction of sp³-hybridized carbons (Fsp3) is 0.429. The van der Waals surface area contributed by atoms with Crippen molar-refractivity contribution in [3.63, 3.8) is 0 Å². The van der Waals surface area contributed by atoms with E-state index in [1.807, 2.05) is 11.0 Å². The number of imide groups is 2. The predicted molar refractivity (Wildman–Crippen MR) is 321 cm³/mol. The summed E-state index contributed by atoms with van der Waals surface area (Å²) in [6.45, 7) is 0.549. The zero-order valence-electron chi connectivity index (χ0n) is 44.6. The van der Waals surface area contributed by atoms with Crippen LogP contribution in [0.15, 0.2) is 72.8 Å². The van der Waals surface area contributed by atoms with E-state index in [4.69, 9.17) is 9.47 Å². The molecule has 4 aliphatic heterocycles. The van der Waals surface area contributed by atoms with Gasteiger partial charge in [-0.15, -0.1) is 0 Å². The van der Waals surface area contributed by atoms with E-state index in [0.717, 1.165) is 70.4 Å². The molecular weight excluding hydrogens is 1190 g/mol. The number of alkyl carbamates (subject to hydrolysis) is 1. The van der Waals surface area contributed by atoms with Crippen LogP contribution in [0.25, 0.3) is 0 Å². The topological polar surface area (TPSA) is 225 Å². The molecule has 2 saturated heterocycles. The number of anilines is 2. The molecule has 0 aromatic heterocycles. The van der Waals surface area contributed by atoms with Crippen LogP contribution in [-0.2, 0) is 78.6 Å². The van der Waals surface area contributed by atoms with Gasteiger partial charge >= 0.3 is 24.2 Å². The Hall–Kier alpha value is -6.02. The van der Waals surface area contributed by atoms with Crippen molar-refractivity contribution in [2.24, 2.45) is 11.8 Å². The Morgan fingerprint density at radius 3 is 1.51 bits per heavy atom. The first kappa shape index (κ1) is 64.2. The molecule has 81 heavy (non-hydrogen) atoms. The largest absolute Gasteiger partial charge is 0.427 e. The van der Waals surface area contributed by atoms with Crippen LogP contribution in [0.4, 0.5) is 39.3 Å². The molecule has 4 aromatic rings. The summed E-state index contributed by atoms with van der Waals surface area (Å²) < 4.78 is 38.1.